The molecular formula is C10H12F2N2OS. The predicted molar refractivity (Wildman–Crippen MR) is 59.5 cm³/mol. The van der Waals surface area contributed by atoms with Crippen LogP contribution in [0.2, 0.25) is 0 Å². The minimum absolute atomic E-state index is 0.118. The van der Waals surface area contributed by atoms with Crippen molar-refractivity contribution < 1.29 is 13.6 Å². The lowest BCUT2D eigenvalue weighted by molar-refractivity contribution is -0.120. The van der Waals surface area contributed by atoms with Crippen molar-refractivity contribution in [2.75, 3.05) is 5.75 Å². The summed E-state index contributed by atoms with van der Waals surface area (Å²) < 4.78 is 24.3. The first-order valence-corrected chi connectivity index (χ1v) is 5.37. The number of pyridine rings is 1. The summed E-state index contributed by atoms with van der Waals surface area (Å²) in [5.74, 6) is 0.363. The number of hydrogen-bond acceptors (Lipinski definition) is 3. The molecule has 1 heterocycles. The fourth-order valence-corrected chi connectivity index (χ4v) is 1.26. The van der Waals surface area contributed by atoms with Crippen molar-refractivity contribution in [1.82, 2.24) is 10.3 Å². The molecular weight excluding hydrogens is 234 g/mol. The molecule has 1 aromatic rings. The molecule has 0 atom stereocenters. The van der Waals surface area contributed by atoms with Crippen LogP contribution in [0.5, 0.6) is 0 Å². The predicted octanol–water partition coefficient (Wildman–Crippen LogP) is 1.96. The molecule has 3 nitrogen and oxygen atoms in total. The van der Waals surface area contributed by atoms with Gasteiger partial charge in [-0.25, -0.2) is 8.78 Å². The number of carbonyl (C=O) groups excluding carboxylic acids is 1. The lowest BCUT2D eigenvalue weighted by atomic mass is 10.2. The minimum Gasteiger partial charge on any atom is -0.352 e. The summed E-state index contributed by atoms with van der Waals surface area (Å²) in [5, 5.41) is 2.63. The molecule has 1 amide bonds. The molecule has 88 valence electrons. The minimum atomic E-state index is -2.56. The highest BCUT2D eigenvalue weighted by Gasteiger charge is 2.07. The highest BCUT2D eigenvalue weighted by molar-refractivity contribution is 7.80. The molecule has 0 aromatic carbocycles. The summed E-state index contributed by atoms with van der Waals surface area (Å²) in [6.07, 6.45) is -0.887. The molecule has 0 saturated heterocycles. The second-order valence-corrected chi connectivity index (χ2v) is 3.59. The fourth-order valence-electron chi connectivity index (χ4n) is 1.06. The topological polar surface area (TPSA) is 42.0 Å². The van der Waals surface area contributed by atoms with E-state index >= 15 is 0 Å². The van der Waals surface area contributed by atoms with Gasteiger partial charge in [0.2, 0.25) is 5.91 Å². The van der Waals surface area contributed by atoms with Crippen LogP contribution in [-0.4, -0.2) is 16.6 Å². The Bertz CT molecular complexity index is 343. The zero-order chi connectivity index (χ0) is 12.0. The largest absolute Gasteiger partial charge is 0.352 e. The number of alkyl halides is 2. The molecule has 1 aromatic heterocycles. The number of amides is 1. The second-order valence-electron chi connectivity index (χ2n) is 3.14. The van der Waals surface area contributed by atoms with Gasteiger partial charge in [0.1, 0.15) is 5.69 Å². The third-order valence-electron chi connectivity index (χ3n) is 1.90. The lowest BCUT2D eigenvalue weighted by Crippen LogP contribution is -2.22. The number of halogens is 2. The van der Waals surface area contributed by atoms with Crippen LogP contribution in [0, 0.1) is 0 Å². The van der Waals surface area contributed by atoms with E-state index in [1.807, 2.05) is 0 Å². The van der Waals surface area contributed by atoms with Crippen LogP contribution in [-0.2, 0) is 11.3 Å². The van der Waals surface area contributed by atoms with Crippen LogP contribution < -0.4 is 5.32 Å². The van der Waals surface area contributed by atoms with Gasteiger partial charge in [-0.15, -0.1) is 0 Å². The number of rotatable bonds is 5. The van der Waals surface area contributed by atoms with Crippen molar-refractivity contribution in [3.8, 4) is 0 Å². The summed E-state index contributed by atoms with van der Waals surface area (Å²) in [5.41, 5.74) is 0.433. The number of carbonyl (C=O) groups is 1. The van der Waals surface area contributed by atoms with E-state index in [1.165, 1.54) is 18.3 Å². The van der Waals surface area contributed by atoms with Crippen molar-refractivity contribution in [2.24, 2.45) is 0 Å². The summed E-state index contributed by atoms with van der Waals surface area (Å²) in [7, 11) is 0. The van der Waals surface area contributed by atoms with Gasteiger partial charge in [0.05, 0.1) is 0 Å². The van der Waals surface area contributed by atoms with E-state index in [0.717, 1.165) is 0 Å². The van der Waals surface area contributed by atoms with E-state index in [-0.39, 0.29) is 11.6 Å². The van der Waals surface area contributed by atoms with Gasteiger partial charge in [0.15, 0.2) is 0 Å². The highest BCUT2D eigenvalue weighted by atomic mass is 32.1. The van der Waals surface area contributed by atoms with E-state index in [0.29, 0.717) is 24.3 Å². The Morgan fingerprint density at radius 1 is 1.50 bits per heavy atom. The molecule has 0 aliphatic heterocycles. The smallest absolute Gasteiger partial charge is 0.280 e. The Balaban J connectivity index is 2.46. The number of nitrogens with zero attached hydrogens (tertiary/aromatic N) is 1. The zero-order valence-corrected chi connectivity index (χ0v) is 9.38. The van der Waals surface area contributed by atoms with Gasteiger partial charge in [0, 0.05) is 19.2 Å². The average molecular weight is 246 g/mol. The second kappa shape index (κ2) is 6.42. The maximum absolute atomic E-state index is 12.2. The Morgan fingerprint density at radius 2 is 2.25 bits per heavy atom. The third kappa shape index (κ3) is 4.14. The number of aromatic nitrogens is 1. The van der Waals surface area contributed by atoms with Crippen LogP contribution in [0.1, 0.15) is 24.1 Å². The third-order valence-corrected chi connectivity index (χ3v) is 2.12. The number of thiol groups is 1. The Hall–Kier alpha value is -1.17. The van der Waals surface area contributed by atoms with E-state index in [9.17, 15) is 13.6 Å². The normalized spacial score (nSPS) is 10.5. The first-order chi connectivity index (χ1) is 7.63. The molecule has 0 radical (unpaired) electrons. The fraction of sp³-hybridized carbons (Fsp3) is 0.400. The van der Waals surface area contributed by atoms with Crippen LogP contribution >= 0.6 is 12.6 Å². The monoisotopic (exact) mass is 246 g/mol. The van der Waals surface area contributed by atoms with Crippen molar-refractivity contribution in [3.05, 3.63) is 29.6 Å². The molecule has 0 unspecified atom stereocenters. The van der Waals surface area contributed by atoms with Crippen LogP contribution in [0.15, 0.2) is 18.3 Å². The van der Waals surface area contributed by atoms with Gasteiger partial charge in [-0.2, -0.15) is 12.6 Å². The molecule has 0 saturated carbocycles. The van der Waals surface area contributed by atoms with Gasteiger partial charge in [-0.3, -0.25) is 9.78 Å². The Labute approximate surface area is 97.7 Å². The van der Waals surface area contributed by atoms with Crippen LogP contribution in [0.4, 0.5) is 8.78 Å². The molecule has 1 rings (SSSR count). The first-order valence-electron chi connectivity index (χ1n) is 4.74. The standard InChI is InChI=1S/C10H12F2N2OS/c11-10(12)8-2-1-7(5-13-8)6-14-9(15)3-4-16/h1-2,5,10,16H,3-4,6H2,(H,14,15). The SMILES string of the molecule is O=C(CCS)NCc1ccc(C(F)F)nc1. The summed E-state index contributed by atoms with van der Waals surface area (Å²) >= 11 is 3.92. The van der Waals surface area contributed by atoms with E-state index in [1.54, 1.807) is 0 Å². The van der Waals surface area contributed by atoms with Crippen molar-refractivity contribution >= 4 is 18.5 Å². The maximum Gasteiger partial charge on any atom is 0.280 e. The molecule has 6 heteroatoms. The van der Waals surface area contributed by atoms with Crippen molar-refractivity contribution in [2.45, 2.75) is 19.4 Å². The molecule has 16 heavy (non-hydrogen) atoms. The van der Waals surface area contributed by atoms with Gasteiger partial charge < -0.3 is 5.32 Å². The number of hydrogen-bond donors (Lipinski definition) is 2. The van der Waals surface area contributed by atoms with Gasteiger partial charge in [-0.1, -0.05) is 6.07 Å². The summed E-state index contributed by atoms with van der Waals surface area (Å²) in [4.78, 5) is 14.7. The number of nitrogens with one attached hydrogen (secondary N) is 1. The quantitative estimate of drug-likeness (QED) is 0.780. The van der Waals surface area contributed by atoms with Crippen LogP contribution in [0.3, 0.4) is 0 Å². The summed E-state index contributed by atoms with van der Waals surface area (Å²) in [6.45, 7) is 0.295. The van der Waals surface area contributed by atoms with Gasteiger partial charge in [-0.05, 0) is 17.4 Å². The average Bonchev–Trinajstić information content (AvgIpc) is 2.27. The van der Waals surface area contributed by atoms with E-state index in [2.05, 4.69) is 22.9 Å². The molecule has 1 N–H and O–H groups in total. The molecule has 0 aliphatic carbocycles. The molecule has 0 spiro atoms. The Morgan fingerprint density at radius 3 is 2.75 bits per heavy atom. The van der Waals surface area contributed by atoms with Gasteiger partial charge in [0.25, 0.3) is 6.43 Å². The molecule has 0 aliphatic rings. The first kappa shape index (κ1) is 12.9. The van der Waals surface area contributed by atoms with Crippen molar-refractivity contribution in [3.63, 3.8) is 0 Å². The summed E-state index contributed by atoms with van der Waals surface area (Å²) in [6, 6.07) is 2.78. The molecule has 0 fully saturated rings. The molecule has 0 bridgehead atoms. The van der Waals surface area contributed by atoms with Crippen molar-refractivity contribution in [1.29, 1.82) is 0 Å². The highest BCUT2D eigenvalue weighted by Crippen LogP contribution is 2.15. The van der Waals surface area contributed by atoms with Gasteiger partial charge >= 0.3 is 0 Å². The van der Waals surface area contributed by atoms with E-state index < -0.39 is 6.43 Å². The van der Waals surface area contributed by atoms with Crippen LogP contribution in [0.25, 0.3) is 0 Å². The van der Waals surface area contributed by atoms with E-state index in [4.69, 9.17) is 0 Å². The Kier molecular flexibility index (Phi) is 5.18. The lowest BCUT2D eigenvalue weighted by Gasteiger charge is -2.04. The zero-order valence-electron chi connectivity index (χ0n) is 8.49. The maximum atomic E-state index is 12.2.